The van der Waals surface area contributed by atoms with Crippen LogP contribution in [-0.2, 0) is 27.8 Å². The molecular formula is C23H27N7O6S2. The first-order valence-corrected chi connectivity index (χ1v) is 14.2. The summed E-state index contributed by atoms with van der Waals surface area (Å²) >= 11 is 1.29. The van der Waals surface area contributed by atoms with Crippen LogP contribution in [0.4, 0.5) is 0 Å². The Morgan fingerprint density at radius 1 is 1.29 bits per heavy atom. The molecule has 2 aromatic heterocycles. The van der Waals surface area contributed by atoms with Crippen LogP contribution in [0.2, 0.25) is 0 Å². The molecule has 4 heterocycles. The Morgan fingerprint density at radius 3 is 2.82 bits per heavy atom. The number of amides is 1. The Kier molecular flexibility index (Phi) is 6.85. The van der Waals surface area contributed by atoms with Gasteiger partial charge in [-0.3, -0.25) is 9.59 Å². The number of fused-ring (bicyclic) bond motifs is 2. The van der Waals surface area contributed by atoms with Crippen molar-refractivity contribution < 1.29 is 28.3 Å². The van der Waals surface area contributed by atoms with E-state index in [2.05, 4.69) is 20.4 Å². The number of nitrogens with two attached hydrogens (primary N) is 1. The largest absolute Gasteiger partial charge is 0.481 e. The highest BCUT2D eigenvalue weighted by molar-refractivity contribution is 7.89. The van der Waals surface area contributed by atoms with Crippen LogP contribution in [0.5, 0.6) is 0 Å². The smallest absolute Gasteiger partial charge is 0.305 e. The molecule has 2 atom stereocenters. The molecule has 2 unspecified atom stereocenters. The SMILES string of the molecule is CC1Cc2nc(C(=O)N3CCN(S(=O)(=O)c4cc5cc(/C(N)=N/O)ccc5[nH]4)CC3CC(=O)O)sc2CN1. The lowest BCUT2D eigenvalue weighted by Gasteiger charge is -2.39. The van der Waals surface area contributed by atoms with E-state index in [1.807, 2.05) is 6.92 Å². The van der Waals surface area contributed by atoms with E-state index in [0.717, 1.165) is 10.6 Å². The maximum absolute atomic E-state index is 13.5. The normalized spacial score (nSPS) is 21.0. The number of oxime groups is 1. The molecule has 0 saturated carbocycles. The van der Waals surface area contributed by atoms with Crippen molar-refractivity contribution in [3.63, 3.8) is 0 Å². The third kappa shape index (κ3) is 4.84. The van der Waals surface area contributed by atoms with Crippen molar-refractivity contribution in [2.24, 2.45) is 10.9 Å². The quantitative estimate of drug-likeness (QED) is 0.125. The lowest BCUT2D eigenvalue weighted by Crippen LogP contribution is -2.57. The topological polar surface area (TPSA) is 194 Å². The number of aliphatic carboxylic acids is 1. The third-order valence-electron chi connectivity index (χ3n) is 6.81. The van der Waals surface area contributed by atoms with Gasteiger partial charge in [0.05, 0.1) is 18.2 Å². The van der Waals surface area contributed by atoms with Crippen LogP contribution in [0.3, 0.4) is 0 Å². The lowest BCUT2D eigenvalue weighted by atomic mass is 10.1. The minimum Gasteiger partial charge on any atom is -0.481 e. The van der Waals surface area contributed by atoms with Gasteiger partial charge in [-0.25, -0.2) is 13.4 Å². The summed E-state index contributed by atoms with van der Waals surface area (Å²) < 4.78 is 28.2. The van der Waals surface area contributed by atoms with E-state index in [0.29, 0.717) is 29.4 Å². The van der Waals surface area contributed by atoms with E-state index >= 15 is 0 Å². The molecule has 0 spiro atoms. The molecule has 5 rings (SSSR count). The van der Waals surface area contributed by atoms with Gasteiger partial charge in [-0.05, 0) is 31.2 Å². The highest BCUT2D eigenvalue weighted by Crippen LogP contribution is 2.28. The predicted molar refractivity (Wildman–Crippen MR) is 139 cm³/mol. The maximum atomic E-state index is 13.5. The Balaban J connectivity index is 1.39. The highest BCUT2D eigenvalue weighted by Gasteiger charge is 2.39. The van der Waals surface area contributed by atoms with E-state index in [1.165, 1.54) is 26.6 Å². The van der Waals surface area contributed by atoms with Gasteiger partial charge in [0.2, 0.25) is 0 Å². The number of aromatic nitrogens is 2. The maximum Gasteiger partial charge on any atom is 0.305 e. The molecule has 38 heavy (non-hydrogen) atoms. The van der Waals surface area contributed by atoms with Crippen LogP contribution < -0.4 is 11.1 Å². The minimum absolute atomic E-state index is 0.00138. The molecule has 13 nitrogen and oxygen atoms in total. The van der Waals surface area contributed by atoms with Crippen molar-refractivity contribution in [3.8, 4) is 0 Å². The van der Waals surface area contributed by atoms with Crippen LogP contribution in [0, 0.1) is 0 Å². The Morgan fingerprint density at radius 2 is 2.08 bits per heavy atom. The van der Waals surface area contributed by atoms with Crippen molar-refractivity contribution in [1.82, 2.24) is 24.5 Å². The Labute approximate surface area is 222 Å². The van der Waals surface area contributed by atoms with E-state index in [1.54, 1.807) is 18.2 Å². The number of nitrogens with one attached hydrogen (secondary N) is 2. The first kappa shape index (κ1) is 26.1. The summed E-state index contributed by atoms with van der Waals surface area (Å²) in [6, 6.07) is 5.63. The number of piperazine rings is 1. The number of hydrogen-bond acceptors (Lipinski definition) is 9. The van der Waals surface area contributed by atoms with Gasteiger partial charge in [0.25, 0.3) is 15.9 Å². The van der Waals surface area contributed by atoms with Crippen molar-refractivity contribution in [3.05, 3.63) is 45.4 Å². The molecule has 2 aliphatic heterocycles. The number of carbonyl (C=O) groups is 2. The fraction of sp³-hybridized carbons (Fsp3) is 0.391. The molecule has 202 valence electrons. The summed E-state index contributed by atoms with van der Waals surface area (Å²) in [6.45, 7) is 2.52. The van der Waals surface area contributed by atoms with Gasteiger partial charge in [-0.1, -0.05) is 5.16 Å². The molecule has 0 aliphatic carbocycles. The lowest BCUT2D eigenvalue weighted by molar-refractivity contribution is -0.138. The average Bonchev–Trinajstić information content (AvgIpc) is 3.51. The molecule has 0 radical (unpaired) electrons. The number of H-pyrrole nitrogens is 1. The van der Waals surface area contributed by atoms with Crippen molar-refractivity contribution in [1.29, 1.82) is 0 Å². The summed E-state index contributed by atoms with van der Waals surface area (Å²) in [6.07, 6.45) is 0.298. The standard InChI is InChI=1S/C23H27N7O6S2/c1-12-6-17-18(10-25-12)37-22(27-17)23(33)30-5-4-29(11-15(30)9-20(31)32)38(35,36)19-8-14-7-13(21(24)28-34)2-3-16(14)26-19/h2-3,7-8,12,15,25-26,34H,4-6,9-11H2,1H3,(H2,24,28)(H,31,32). The number of carboxylic acids is 1. The zero-order chi connectivity index (χ0) is 27.2. The van der Waals surface area contributed by atoms with Crippen molar-refractivity contribution in [2.45, 2.75) is 43.4 Å². The van der Waals surface area contributed by atoms with Crippen LogP contribution in [0.25, 0.3) is 10.9 Å². The Bertz CT molecular complexity index is 1550. The number of thiazole rings is 1. The number of carbonyl (C=O) groups excluding carboxylic acids is 1. The summed E-state index contributed by atoms with van der Waals surface area (Å²) in [5.41, 5.74) is 7.46. The molecule has 2 aliphatic rings. The number of aromatic amines is 1. The fourth-order valence-corrected chi connectivity index (χ4v) is 7.29. The predicted octanol–water partition coefficient (Wildman–Crippen LogP) is 0.743. The van der Waals surface area contributed by atoms with Gasteiger partial charge in [0.15, 0.2) is 10.8 Å². The van der Waals surface area contributed by atoms with Gasteiger partial charge >= 0.3 is 5.97 Å². The van der Waals surface area contributed by atoms with E-state index in [-0.39, 0.29) is 47.5 Å². The van der Waals surface area contributed by atoms with Gasteiger partial charge in [-0.15, -0.1) is 11.3 Å². The monoisotopic (exact) mass is 561 g/mol. The van der Waals surface area contributed by atoms with E-state index in [4.69, 9.17) is 10.9 Å². The zero-order valence-corrected chi connectivity index (χ0v) is 22.0. The summed E-state index contributed by atoms with van der Waals surface area (Å²) in [7, 11) is -4.04. The number of carboxylic acid groups (broad SMARTS) is 1. The number of rotatable bonds is 6. The number of hydrogen-bond donors (Lipinski definition) is 5. The van der Waals surface area contributed by atoms with E-state index in [9.17, 15) is 23.1 Å². The van der Waals surface area contributed by atoms with Crippen LogP contribution in [-0.4, -0.2) is 87.3 Å². The number of nitrogens with zero attached hydrogens (tertiary/aromatic N) is 4. The van der Waals surface area contributed by atoms with Gasteiger partial charge in [0, 0.05) is 60.0 Å². The second-order valence-electron chi connectivity index (χ2n) is 9.41. The molecule has 1 aromatic carbocycles. The summed E-state index contributed by atoms with van der Waals surface area (Å²) in [5.74, 6) is -1.63. The third-order valence-corrected chi connectivity index (χ3v) is 9.68. The first-order chi connectivity index (χ1) is 18.1. The number of amidine groups is 1. The van der Waals surface area contributed by atoms with Crippen LogP contribution in [0.15, 0.2) is 34.4 Å². The van der Waals surface area contributed by atoms with Gasteiger partial charge < -0.3 is 31.2 Å². The van der Waals surface area contributed by atoms with Crippen molar-refractivity contribution >= 4 is 50.0 Å². The fourth-order valence-electron chi connectivity index (χ4n) is 4.81. The molecule has 15 heteroatoms. The molecule has 3 aromatic rings. The Hall–Kier alpha value is -3.53. The molecule has 1 amide bonds. The summed E-state index contributed by atoms with van der Waals surface area (Å²) in [5, 5.41) is 25.5. The van der Waals surface area contributed by atoms with Crippen LogP contribution in [0.1, 0.15) is 39.3 Å². The highest BCUT2D eigenvalue weighted by atomic mass is 32.2. The number of sulfonamides is 1. The minimum atomic E-state index is -4.04. The van der Waals surface area contributed by atoms with Gasteiger partial charge in [0.1, 0.15) is 5.03 Å². The molecular weight excluding hydrogens is 534 g/mol. The van der Waals surface area contributed by atoms with E-state index < -0.39 is 28.5 Å². The molecule has 1 saturated heterocycles. The second-order valence-corrected chi connectivity index (χ2v) is 12.4. The van der Waals surface area contributed by atoms with Crippen molar-refractivity contribution in [2.75, 3.05) is 19.6 Å². The first-order valence-electron chi connectivity index (χ1n) is 11.9. The number of benzene rings is 1. The van der Waals surface area contributed by atoms with Crippen LogP contribution >= 0.6 is 11.3 Å². The molecule has 0 bridgehead atoms. The van der Waals surface area contributed by atoms with Gasteiger partial charge in [-0.2, -0.15) is 4.31 Å². The zero-order valence-electron chi connectivity index (χ0n) is 20.4. The summed E-state index contributed by atoms with van der Waals surface area (Å²) in [4.78, 5) is 34.9. The average molecular weight is 562 g/mol. The second kappa shape index (κ2) is 9.98. The molecule has 6 N–H and O–H groups in total. The molecule has 1 fully saturated rings.